The maximum absolute atomic E-state index is 9.99. The lowest BCUT2D eigenvalue weighted by Gasteiger charge is -2.13. The van der Waals surface area contributed by atoms with Crippen LogP contribution in [-0.4, -0.2) is 11.7 Å². The van der Waals surface area contributed by atoms with Gasteiger partial charge in [0.25, 0.3) is 0 Å². The van der Waals surface area contributed by atoms with Gasteiger partial charge < -0.3 is 15.6 Å². The molecule has 94 valence electrons. The molecule has 2 rings (SSSR count). The summed E-state index contributed by atoms with van der Waals surface area (Å²) in [5, 5.41) is 9.99. The zero-order valence-corrected chi connectivity index (χ0v) is 11.9. The lowest BCUT2D eigenvalue weighted by molar-refractivity contribution is 0.108. The van der Waals surface area contributed by atoms with E-state index in [0.29, 0.717) is 5.69 Å². The maximum Gasteiger partial charge on any atom is 0.120 e. The Balaban J connectivity index is 1.98. The highest BCUT2D eigenvalue weighted by Crippen LogP contribution is 2.19. The SMILES string of the molecule is Nc1cccc(C(O)COc2cccc(I)c2)c1. The van der Waals surface area contributed by atoms with E-state index in [1.807, 2.05) is 36.4 Å². The normalized spacial score (nSPS) is 12.1. The van der Waals surface area contributed by atoms with E-state index in [1.165, 1.54) is 0 Å². The minimum absolute atomic E-state index is 0.212. The topological polar surface area (TPSA) is 55.5 Å². The van der Waals surface area contributed by atoms with Crippen LogP contribution in [0.4, 0.5) is 5.69 Å². The average molecular weight is 355 g/mol. The van der Waals surface area contributed by atoms with Crippen molar-refractivity contribution in [2.45, 2.75) is 6.10 Å². The van der Waals surface area contributed by atoms with Crippen molar-refractivity contribution in [1.82, 2.24) is 0 Å². The van der Waals surface area contributed by atoms with Gasteiger partial charge in [0.2, 0.25) is 0 Å². The number of anilines is 1. The minimum atomic E-state index is -0.675. The van der Waals surface area contributed by atoms with Crippen molar-refractivity contribution in [2.75, 3.05) is 12.3 Å². The van der Waals surface area contributed by atoms with Crippen molar-refractivity contribution in [2.24, 2.45) is 0 Å². The van der Waals surface area contributed by atoms with Crippen molar-refractivity contribution in [3.05, 3.63) is 57.7 Å². The number of nitrogen functional groups attached to an aromatic ring is 1. The van der Waals surface area contributed by atoms with Crippen LogP contribution in [0.2, 0.25) is 0 Å². The molecule has 0 amide bonds. The van der Waals surface area contributed by atoms with Gasteiger partial charge in [-0.25, -0.2) is 0 Å². The van der Waals surface area contributed by atoms with Gasteiger partial charge in [0, 0.05) is 9.26 Å². The van der Waals surface area contributed by atoms with Crippen molar-refractivity contribution in [3.63, 3.8) is 0 Å². The molecule has 0 bridgehead atoms. The number of ether oxygens (including phenoxy) is 1. The lowest BCUT2D eigenvalue weighted by atomic mass is 10.1. The molecule has 0 saturated heterocycles. The van der Waals surface area contributed by atoms with Crippen molar-refractivity contribution in [1.29, 1.82) is 0 Å². The van der Waals surface area contributed by atoms with Gasteiger partial charge in [-0.1, -0.05) is 18.2 Å². The zero-order chi connectivity index (χ0) is 13.0. The van der Waals surface area contributed by atoms with Crippen LogP contribution in [0.5, 0.6) is 5.75 Å². The summed E-state index contributed by atoms with van der Waals surface area (Å²) in [6, 6.07) is 14.9. The molecule has 3 N–H and O–H groups in total. The molecule has 4 heteroatoms. The average Bonchev–Trinajstić information content (AvgIpc) is 2.36. The lowest BCUT2D eigenvalue weighted by Crippen LogP contribution is -2.10. The quantitative estimate of drug-likeness (QED) is 0.655. The summed E-state index contributed by atoms with van der Waals surface area (Å²) in [6.07, 6.45) is -0.675. The smallest absolute Gasteiger partial charge is 0.120 e. The Morgan fingerprint density at radius 3 is 2.67 bits per heavy atom. The van der Waals surface area contributed by atoms with E-state index in [9.17, 15) is 5.11 Å². The minimum Gasteiger partial charge on any atom is -0.490 e. The van der Waals surface area contributed by atoms with Crippen molar-refractivity contribution in [3.8, 4) is 5.75 Å². The first-order valence-electron chi connectivity index (χ1n) is 5.57. The predicted octanol–water partition coefficient (Wildman–Crippen LogP) is 2.99. The fourth-order valence-corrected chi connectivity index (χ4v) is 2.11. The number of halogens is 1. The Hall–Kier alpha value is -1.27. The highest BCUT2D eigenvalue weighted by molar-refractivity contribution is 14.1. The van der Waals surface area contributed by atoms with E-state index in [4.69, 9.17) is 10.5 Å². The van der Waals surface area contributed by atoms with Gasteiger partial charge in [-0.15, -0.1) is 0 Å². The van der Waals surface area contributed by atoms with Crippen LogP contribution in [0.25, 0.3) is 0 Å². The van der Waals surface area contributed by atoms with Gasteiger partial charge in [-0.3, -0.25) is 0 Å². The van der Waals surface area contributed by atoms with E-state index in [-0.39, 0.29) is 6.61 Å². The summed E-state index contributed by atoms with van der Waals surface area (Å²) in [5.41, 5.74) is 7.07. The largest absolute Gasteiger partial charge is 0.490 e. The number of benzene rings is 2. The number of hydrogen-bond donors (Lipinski definition) is 2. The van der Waals surface area contributed by atoms with E-state index < -0.39 is 6.10 Å². The zero-order valence-electron chi connectivity index (χ0n) is 9.71. The molecule has 3 nitrogen and oxygen atoms in total. The van der Waals surface area contributed by atoms with Gasteiger partial charge in [-0.2, -0.15) is 0 Å². The van der Waals surface area contributed by atoms with Crippen molar-refractivity contribution >= 4 is 28.3 Å². The number of aliphatic hydroxyl groups excluding tert-OH is 1. The number of aliphatic hydroxyl groups is 1. The summed E-state index contributed by atoms with van der Waals surface area (Å²) in [7, 11) is 0. The summed E-state index contributed by atoms with van der Waals surface area (Å²) < 4.78 is 6.65. The molecular formula is C14H14INO2. The molecule has 0 aliphatic rings. The van der Waals surface area contributed by atoms with Crippen LogP contribution >= 0.6 is 22.6 Å². The molecule has 18 heavy (non-hydrogen) atoms. The first kappa shape index (κ1) is 13.2. The molecule has 0 aliphatic carbocycles. The summed E-state index contributed by atoms with van der Waals surface area (Å²) in [6.45, 7) is 0.212. The predicted molar refractivity (Wildman–Crippen MR) is 80.5 cm³/mol. The Morgan fingerprint density at radius 1 is 1.17 bits per heavy atom. The van der Waals surface area contributed by atoms with Gasteiger partial charge in [0.15, 0.2) is 0 Å². The third-order valence-electron chi connectivity index (χ3n) is 2.50. The van der Waals surface area contributed by atoms with E-state index in [0.717, 1.165) is 14.9 Å². The molecule has 0 spiro atoms. The number of nitrogens with two attached hydrogens (primary N) is 1. The maximum atomic E-state index is 9.99. The van der Waals surface area contributed by atoms with Crippen LogP contribution in [0.15, 0.2) is 48.5 Å². The van der Waals surface area contributed by atoms with Gasteiger partial charge >= 0.3 is 0 Å². The Bertz CT molecular complexity index is 531. The third-order valence-corrected chi connectivity index (χ3v) is 3.17. The molecule has 1 atom stereocenters. The molecule has 1 unspecified atom stereocenters. The summed E-state index contributed by atoms with van der Waals surface area (Å²) >= 11 is 2.22. The second-order valence-corrected chi connectivity index (χ2v) is 5.20. The number of rotatable bonds is 4. The molecule has 0 aromatic heterocycles. The molecule has 2 aromatic carbocycles. The molecule has 2 aromatic rings. The first-order chi connectivity index (χ1) is 8.65. The van der Waals surface area contributed by atoms with Crippen molar-refractivity contribution < 1.29 is 9.84 Å². The monoisotopic (exact) mass is 355 g/mol. The number of hydrogen-bond acceptors (Lipinski definition) is 3. The Kier molecular flexibility index (Phi) is 4.43. The standard InChI is InChI=1S/C14H14INO2/c15-11-4-2-6-13(8-11)18-9-14(17)10-3-1-5-12(16)7-10/h1-8,14,17H,9,16H2. The van der Waals surface area contributed by atoms with Gasteiger partial charge in [0.05, 0.1) is 0 Å². The van der Waals surface area contributed by atoms with E-state index in [2.05, 4.69) is 22.6 Å². The van der Waals surface area contributed by atoms with Gasteiger partial charge in [-0.05, 0) is 58.5 Å². The Morgan fingerprint density at radius 2 is 1.94 bits per heavy atom. The molecule has 0 fully saturated rings. The molecule has 0 heterocycles. The summed E-state index contributed by atoms with van der Waals surface area (Å²) in [5.74, 6) is 0.754. The fraction of sp³-hybridized carbons (Fsp3) is 0.143. The van der Waals surface area contributed by atoms with Crippen LogP contribution in [-0.2, 0) is 0 Å². The third kappa shape index (κ3) is 3.61. The Labute approximate surface area is 120 Å². The van der Waals surface area contributed by atoms with E-state index in [1.54, 1.807) is 12.1 Å². The van der Waals surface area contributed by atoms with Crippen LogP contribution in [0.1, 0.15) is 11.7 Å². The van der Waals surface area contributed by atoms with Gasteiger partial charge in [0.1, 0.15) is 18.5 Å². The van der Waals surface area contributed by atoms with Crippen LogP contribution in [0, 0.1) is 3.57 Å². The molecular weight excluding hydrogens is 341 g/mol. The molecule has 0 aliphatic heterocycles. The summed E-state index contributed by atoms with van der Waals surface area (Å²) in [4.78, 5) is 0. The van der Waals surface area contributed by atoms with Crippen LogP contribution < -0.4 is 10.5 Å². The molecule has 0 saturated carbocycles. The fourth-order valence-electron chi connectivity index (χ4n) is 1.59. The molecule has 0 radical (unpaired) electrons. The second-order valence-electron chi connectivity index (χ2n) is 3.95. The highest BCUT2D eigenvalue weighted by atomic mass is 127. The van der Waals surface area contributed by atoms with Crippen LogP contribution in [0.3, 0.4) is 0 Å². The highest BCUT2D eigenvalue weighted by Gasteiger charge is 2.08. The van der Waals surface area contributed by atoms with E-state index >= 15 is 0 Å². The second kappa shape index (κ2) is 6.06. The first-order valence-corrected chi connectivity index (χ1v) is 6.65.